The summed E-state index contributed by atoms with van der Waals surface area (Å²) >= 11 is 0. The predicted molar refractivity (Wildman–Crippen MR) is 97.9 cm³/mol. The summed E-state index contributed by atoms with van der Waals surface area (Å²) in [7, 11) is 0. The molecule has 0 unspecified atom stereocenters. The molecule has 0 aromatic heterocycles. The van der Waals surface area contributed by atoms with Gasteiger partial charge in [-0.2, -0.15) is 0 Å². The molecule has 0 radical (unpaired) electrons. The first-order chi connectivity index (χ1) is 11.4. The molecule has 144 valence electrons. The zero-order valence-electron chi connectivity index (χ0n) is 13.7. The lowest BCUT2D eigenvalue weighted by Crippen LogP contribution is -2.03. The average Bonchev–Trinajstić information content (AvgIpc) is 3.40. The van der Waals surface area contributed by atoms with Crippen LogP contribution in [0.15, 0.2) is 36.4 Å². The molecule has 0 amide bonds. The first kappa shape index (κ1) is 22.7. The lowest BCUT2D eigenvalue weighted by atomic mass is 10.1. The minimum atomic E-state index is -0.479. The van der Waals surface area contributed by atoms with E-state index in [2.05, 4.69) is 0 Å². The summed E-state index contributed by atoms with van der Waals surface area (Å²) in [5, 5.41) is 0. The molecule has 2 aliphatic rings. The maximum absolute atomic E-state index is 13.0. The van der Waals surface area contributed by atoms with E-state index >= 15 is 0 Å². The molecule has 0 spiro atoms. The molecular weight excluding hydrogens is 391 g/mol. The van der Waals surface area contributed by atoms with Crippen molar-refractivity contribution in [2.75, 3.05) is 0 Å². The van der Waals surface area contributed by atoms with Gasteiger partial charge < -0.3 is 11.5 Å². The van der Waals surface area contributed by atoms with Crippen molar-refractivity contribution in [3.05, 3.63) is 70.8 Å². The van der Waals surface area contributed by atoms with Crippen LogP contribution >= 0.6 is 24.8 Å². The summed E-state index contributed by atoms with van der Waals surface area (Å²) < 4.78 is 52.1. The summed E-state index contributed by atoms with van der Waals surface area (Å²) in [4.78, 5) is 0. The number of benzene rings is 2. The Morgan fingerprint density at radius 3 is 1.04 bits per heavy atom. The predicted octanol–water partition coefficient (Wildman–Crippen LogP) is 4.40. The van der Waals surface area contributed by atoms with E-state index in [-0.39, 0.29) is 59.9 Å². The molecule has 4 atom stereocenters. The fraction of sp³-hybridized carbons (Fsp3) is 0.333. The number of rotatable bonds is 2. The molecule has 2 aliphatic carbocycles. The van der Waals surface area contributed by atoms with E-state index in [0.717, 1.165) is 0 Å². The first-order valence-electron chi connectivity index (χ1n) is 7.79. The van der Waals surface area contributed by atoms with Crippen molar-refractivity contribution in [2.45, 2.75) is 36.8 Å². The smallest absolute Gasteiger partial charge is 0.129 e. The molecular formula is C18H20Cl2F4N2. The first-order valence-corrected chi connectivity index (χ1v) is 7.79. The van der Waals surface area contributed by atoms with Crippen LogP contribution in [-0.4, -0.2) is 12.1 Å². The zero-order chi connectivity index (χ0) is 17.4. The van der Waals surface area contributed by atoms with Gasteiger partial charge in [-0.05, 0) is 37.1 Å². The van der Waals surface area contributed by atoms with Crippen LogP contribution in [0, 0.1) is 23.3 Å². The Bertz CT molecular complexity index is 656. The highest BCUT2D eigenvalue weighted by atomic mass is 35.5. The third-order valence-corrected chi connectivity index (χ3v) is 4.42. The zero-order valence-corrected chi connectivity index (χ0v) is 15.3. The molecule has 2 fully saturated rings. The quantitative estimate of drug-likeness (QED) is 0.720. The topological polar surface area (TPSA) is 52.0 Å². The molecule has 0 saturated heterocycles. The number of halogens is 6. The van der Waals surface area contributed by atoms with Crippen molar-refractivity contribution in [2.24, 2.45) is 11.5 Å². The third-order valence-electron chi connectivity index (χ3n) is 4.42. The van der Waals surface area contributed by atoms with Crippen LogP contribution in [0.5, 0.6) is 0 Å². The Morgan fingerprint density at radius 1 is 0.615 bits per heavy atom. The van der Waals surface area contributed by atoms with Crippen molar-refractivity contribution in [1.82, 2.24) is 0 Å². The molecule has 4 N–H and O–H groups in total. The normalized spacial score (nSPS) is 25.2. The highest BCUT2D eigenvalue weighted by molar-refractivity contribution is 5.85. The van der Waals surface area contributed by atoms with Gasteiger partial charge in [-0.15, -0.1) is 24.8 Å². The van der Waals surface area contributed by atoms with E-state index < -0.39 is 23.3 Å². The molecule has 2 saturated carbocycles. The molecule has 8 heteroatoms. The van der Waals surface area contributed by atoms with Crippen molar-refractivity contribution in [3.63, 3.8) is 0 Å². The van der Waals surface area contributed by atoms with Crippen LogP contribution in [0.4, 0.5) is 17.6 Å². The lowest BCUT2D eigenvalue weighted by molar-refractivity contribution is 0.554. The SMILES string of the molecule is Cl.Cl.N[C@@H]1C[C@H]1c1c(F)cccc1F.N[C@H]1C[C@@H]1c1c(F)cccc1F. The van der Waals surface area contributed by atoms with E-state index in [9.17, 15) is 17.6 Å². The molecule has 0 aliphatic heterocycles. The minimum absolute atomic E-state index is 0. The van der Waals surface area contributed by atoms with Crippen LogP contribution in [0.2, 0.25) is 0 Å². The maximum Gasteiger partial charge on any atom is 0.129 e. The number of hydrogen-bond acceptors (Lipinski definition) is 2. The van der Waals surface area contributed by atoms with Gasteiger partial charge in [0.05, 0.1) is 0 Å². The van der Waals surface area contributed by atoms with Crippen LogP contribution in [0.1, 0.15) is 35.8 Å². The minimum Gasteiger partial charge on any atom is -0.327 e. The van der Waals surface area contributed by atoms with Crippen molar-refractivity contribution in [1.29, 1.82) is 0 Å². The van der Waals surface area contributed by atoms with E-state index in [4.69, 9.17) is 11.5 Å². The van der Waals surface area contributed by atoms with Gasteiger partial charge in [-0.25, -0.2) is 17.6 Å². The highest BCUT2D eigenvalue weighted by Gasteiger charge is 2.39. The Hall–Kier alpha value is -1.34. The average molecular weight is 411 g/mol. The fourth-order valence-electron chi connectivity index (χ4n) is 2.82. The molecule has 2 nitrogen and oxygen atoms in total. The van der Waals surface area contributed by atoms with Gasteiger partial charge in [-0.1, -0.05) is 12.1 Å². The van der Waals surface area contributed by atoms with Gasteiger partial charge in [0.1, 0.15) is 23.3 Å². The molecule has 0 bridgehead atoms. The lowest BCUT2D eigenvalue weighted by Gasteiger charge is -2.01. The summed E-state index contributed by atoms with van der Waals surface area (Å²) in [6, 6.07) is 7.68. The molecule has 0 heterocycles. The Kier molecular flexibility index (Phi) is 7.89. The second-order valence-corrected chi connectivity index (χ2v) is 6.28. The Morgan fingerprint density at radius 2 is 0.846 bits per heavy atom. The second kappa shape index (κ2) is 9.04. The Balaban J connectivity index is 0.000000241. The highest BCUT2D eigenvalue weighted by Crippen LogP contribution is 2.42. The van der Waals surface area contributed by atoms with E-state index in [1.165, 1.54) is 36.4 Å². The monoisotopic (exact) mass is 410 g/mol. The van der Waals surface area contributed by atoms with Gasteiger partial charge in [0, 0.05) is 35.0 Å². The van der Waals surface area contributed by atoms with E-state index in [0.29, 0.717) is 12.8 Å². The summed E-state index contributed by atoms with van der Waals surface area (Å²) in [6.07, 6.45) is 1.38. The van der Waals surface area contributed by atoms with E-state index in [1.54, 1.807) is 0 Å². The van der Waals surface area contributed by atoms with Crippen LogP contribution < -0.4 is 11.5 Å². The van der Waals surface area contributed by atoms with Crippen LogP contribution in [0.25, 0.3) is 0 Å². The molecule has 4 rings (SSSR count). The Labute approximate surface area is 161 Å². The van der Waals surface area contributed by atoms with Gasteiger partial charge in [0.15, 0.2) is 0 Å². The van der Waals surface area contributed by atoms with E-state index in [1.807, 2.05) is 0 Å². The van der Waals surface area contributed by atoms with Gasteiger partial charge in [0.2, 0.25) is 0 Å². The third kappa shape index (κ3) is 4.88. The summed E-state index contributed by atoms with van der Waals surface area (Å²) in [6.45, 7) is 0. The van der Waals surface area contributed by atoms with Gasteiger partial charge >= 0.3 is 0 Å². The number of hydrogen-bond donors (Lipinski definition) is 2. The standard InChI is InChI=1S/2C9H9F2N.2ClH/c2*10-6-2-1-3-7(11)9(6)5-4-8(5)12;;/h2*1-3,5,8H,4,12H2;2*1H/t2*5-,8-;;/m10../s1. The van der Waals surface area contributed by atoms with Gasteiger partial charge in [-0.3, -0.25) is 0 Å². The fourth-order valence-corrected chi connectivity index (χ4v) is 2.82. The molecule has 2 aromatic carbocycles. The largest absolute Gasteiger partial charge is 0.327 e. The maximum atomic E-state index is 13.0. The van der Waals surface area contributed by atoms with Crippen molar-refractivity contribution >= 4 is 24.8 Å². The summed E-state index contributed by atoms with van der Waals surface area (Å²) in [5.74, 6) is -2.13. The van der Waals surface area contributed by atoms with Gasteiger partial charge in [0.25, 0.3) is 0 Å². The van der Waals surface area contributed by atoms with Crippen molar-refractivity contribution in [3.8, 4) is 0 Å². The molecule has 26 heavy (non-hydrogen) atoms. The number of nitrogens with two attached hydrogens (primary N) is 2. The van der Waals surface area contributed by atoms with Crippen LogP contribution in [-0.2, 0) is 0 Å². The second-order valence-electron chi connectivity index (χ2n) is 6.28. The van der Waals surface area contributed by atoms with Crippen molar-refractivity contribution < 1.29 is 17.6 Å². The van der Waals surface area contributed by atoms with Crippen LogP contribution in [0.3, 0.4) is 0 Å². The molecule has 2 aromatic rings. The summed E-state index contributed by atoms with van der Waals surface area (Å²) in [5.41, 5.74) is 11.3.